The van der Waals surface area contributed by atoms with Gasteiger partial charge in [0.15, 0.2) is 0 Å². The summed E-state index contributed by atoms with van der Waals surface area (Å²) < 4.78 is 0. The molecule has 0 radical (unpaired) electrons. The van der Waals surface area contributed by atoms with Crippen molar-refractivity contribution < 1.29 is 0 Å². The third kappa shape index (κ3) is 4.49. The van der Waals surface area contributed by atoms with Crippen LogP contribution in [0.3, 0.4) is 0 Å². The Bertz CT molecular complexity index is 345. The second-order valence-corrected chi connectivity index (χ2v) is 5.06. The van der Waals surface area contributed by atoms with Crippen molar-refractivity contribution >= 4 is 0 Å². The maximum atomic E-state index is 3.59. The summed E-state index contributed by atoms with van der Waals surface area (Å²) in [6.45, 7) is 8.67. The lowest BCUT2D eigenvalue weighted by Gasteiger charge is -2.22. The molecule has 2 nitrogen and oxygen atoms in total. The van der Waals surface area contributed by atoms with Gasteiger partial charge < -0.3 is 10.2 Å². The predicted molar refractivity (Wildman–Crippen MR) is 75.5 cm³/mol. The molecule has 0 amide bonds. The lowest BCUT2D eigenvalue weighted by atomic mass is 9.97. The van der Waals surface area contributed by atoms with Gasteiger partial charge in [0.05, 0.1) is 0 Å². The molecule has 0 fully saturated rings. The Morgan fingerprint density at radius 2 is 1.94 bits per heavy atom. The highest BCUT2D eigenvalue weighted by Gasteiger charge is 2.12. The van der Waals surface area contributed by atoms with Gasteiger partial charge in [-0.15, -0.1) is 0 Å². The molecule has 1 aromatic rings. The third-order valence-electron chi connectivity index (χ3n) is 3.12. The van der Waals surface area contributed by atoms with Crippen LogP contribution >= 0.6 is 0 Å². The zero-order valence-electron chi connectivity index (χ0n) is 11.9. The first-order valence-electron chi connectivity index (χ1n) is 6.49. The molecule has 96 valence electrons. The van der Waals surface area contributed by atoms with Crippen molar-refractivity contribution in [3.8, 4) is 0 Å². The first-order chi connectivity index (χ1) is 8.04. The molecule has 0 heterocycles. The van der Waals surface area contributed by atoms with Crippen LogP contribution in [0.4, 0.5) is 0 Å². The first-order valence-corrected chi connectivity index (χ1v) is 6.49. The fraction of sp³-hybridized carbons (Fsp3) is 0.600. The Labute approximate surface area is 106 Å². The van der Waals surface area contributed by atoms with E-state index in [0.717, 1.165) is 19.5 Å². The number of aryl methyl sites for hydroxylation is 2. The second kappa shape index (κ2) is 6.77. The summed E-state index contributed by atoms with van der Waals surface area (Å²) in [6.07, 6.45) is 1.16. The minimum absolute atomic E-state index is 0.475. The zero-order chi connectivity index (χ0) is 12.8. The standard InChI is InChI=1S/C15H26N2/c1-6-16-15(9-10-17(4)5)14-8-7-12(2)11-13(14)3/h7-8,11,15-16H,6,9-10H2,1-5H3. The van der Waals surface area contributed by atoms with Crippen LogP contribution in [0.5, 0.6) is 0 Å². The largest absolute Gasteiger partial charge is 0.310 e. The van der Waals surface area contributed by atoms with Crippen molar-refractivity contribution in [1.29, 1.82) is 0 Å². The second-order valence-electron chi connectivity index (χ2n) is 5.06. The van der Waals surface area contributed by atoms with E-state index in [1.54, 1.807) is 0 Å². The Morgan fingerprint density at radius 3 is 2.47 bits per heavy atom. The summed E-state index contributed by atoms with van der Waals surface area (Å²) in [5, 5.41) is 3.59. The first kappa shape index (κ1) is 14.2. The van der Waals surface area contributed by atoms with Gasteiger partial charge >= 0.3 is 0 Å². The number of nitrogens with zero attached hydrogens (tertiary/aromatic N) is 1. The van der Waals surface area contributed by atoms with Gasteiger partial charge in [-0.1, -0.05) is 30.7 Å². The molecule has 0 aromatic heterocycles. The van der Waals surface area contributed by atoms with E-state index in [2.05, 4.69) is 63.3 Å². The normalized spacial score (nSPS) is 13.1. The van der Waals surface area contributed by atoms with Gasteiger partial charge in [0.25, 0.3) is 0 Å². The average Bonchev–Trinajstić information content (AvgIpc) is 2.24. The lowest BCUT2D eigenvalue weighted by molar-refractivity contribution is 0.363. The molecule has 0 saturated heterocycles. The summed E-state index contributed by atoms with van der Waals surface area (Å²) in [7, 11) is 4.26. The molecule has 0 aliphatic rings. The molecule has 1 unspecified atom stereocenters. The predicted octanol–water partition coefficient (Wildman–Crippen LogP) is 2.91. The topological polar surface area (TPSA) is 15.3 Å². The Hall–Kier alpha value is -0.860. The quantitative estimate of drug-likeness (QED) is 0.814. The minimum Gasteiger partial charge on any atom is -0.310 e. The monoisotopic (exact) mass is 234 g/mol. The van der Waals surface area contributed by atoms with Gasteiger partial charge in [0.1, 0.15) is 0 Å². The van der Waals surface area contributed by atoms with E-state index in [4.69, 9.17) is 0 Å². The van der Waals surface area contributed by atoms with Gasteiger partial charge in [-0.2, -0.15) is 0 Å². The summed E-state index contributed by atoms with van der Waals surface area (Å²) in [5.41, 5.74) is 4.18. The lowest BCUT2D eigenvalue weighted by Crippen LogP contribution is -2.26. The van der Waals surface area contributed by atoms with Gasteiger partial charge in [0.2, 0.25) is 0 Å². The van der Waals surface area contributed by atoms with Gasteiger partial charge in [-0.3, -0.25) is 0 Å². The van der Waals surface area contributed by atoms with E-state index in [1.165, 1.54) is 16.7 Å². The molecule has 2 heteroatoms. The molecule has 1 aromatic carbocycles. The molecule has 0 bridgehead atoms. The van der Waals surface area contributed by atoms with E-state index in [0.29, 0.717) is 6.04 Å². The van der Waals surface area contributed by atoms with Crippen molar-refractivity contribution in [2.45, 2.75) is 33.2 Å². The highest BCUT2D eigenvalue weighted by Crippen LogP contribution is 2.21. The molecule has 1 rings (SSSR count). The van der Waals surface area contributed by atoms with Crippen LogP contribution in [-0.2, 0) is 0 Å². The fourth-order valence-corrected chi connectivity index (χ4v) is 2.22. The van der Waals surface area contributed by atoms with Crippen LogP contribution in [0.2, 0.25) is 0 Å². The fourth-order valence-electron chi connectivity index (χ4n) is 2.22. The molecule has 1 N–H and O–H groups in total. The Morgan fingerprint density at radius 1 is 1.24 bits per heavy atom. The van der Waals surface area contributed by atoms with Crippen LogP contribution < -0.4 is 5.32 Å². The van der Waals surface area contributed by atoms with Crippen molar-refractivity contribution in [3.05, 3.63) is 34.9 Å². The summed E-state index contributed by atoms with van der Waals surface area (Å²) >= 11 is 0. The molecule has 0 aliphatic carbocycles. The zero-order valence-corrected chi connectivity index (χ0v) is 11.9. The number of nitrogens with one attached hydrogen (secondary N) is 1. The molecular formula is C15H26N2. The van der Waals surface area contributed by atoms with Gasteiger partial charge in [0, 0.05) is 6.04 Å². The third-order valence-corrected chi connectivity index (χ3v) is 3.12. The molecule has 1 atom stereocenters. The Balaban J connectivity index is 2.81. The van der Waals surface area contributed by atoms with E-state index in [-0.39, 0.29) is 0 Å². The summed E-state index contributed by atoms with van der Waals surface area (Å²) in [6, 6.07) is 7.23. The van der Waals surface area contributed by atoms with Crippen molar-refractivity contribution in [2.75, 3.05) is 27.2 Å². The van der Waals surface area contributed by atoms with E-state index < -0.39 is 0 Å². The highest BCUT2D eigenvalue weighted by atomic mass is 15.1. The average molecular weight is 234 g/mol. The summed E-state index contributed by atoms with van der Waals surface area (Å²) in [5.74, 6) is 0. The SMILES string of the molecule is CCNC(CCN(C)C)c1ccc(C)cc1C. The highest BCUT2D eigenvalue weighted by molar-refractivity contribution is 5.32. The summed E-state index contributed by atoms with van der Waals surface area (Å²) in [4.78, 5) is 2.24. The van der Waals surface area contributed by atoms with Gasteiger partial charge in [-0.25, -0.2) is 0 Å². The smallest absolute Gasteiger partial charge is 0.0334 e. The van der Waals surface area contributed by atoms with Crippen molar-refractivity contribution in [2.24, 2.45) is 0 Å². The molecule has 0 aliphatic heterocycles. The molecular weight excluding hydrogens is 208 g/mol. The van der Waals surface area contributed by atoms with Crippen LogP contribution in [0.25, 0.3) is 0 Å². The number of hydrogen-bond donors (Lipinski definition) is 1. The van der Waals surface area contributed by atoms with Gasteiger partial charge in [-0.05, 0) is 58.6 Å². The maximum absolute atomic E-state index is 3.59. The van der Waals surface area contributed by atoms with Crippen LogP contribution in [0, 0.1) is 13.8 Å². The molecule has 0 saturated carbocycles. The van der Waals surface area contributed by atoms with Crippen molar-refractivity contribution in [1.82, 2.24) is 10.2 Å². The van der Waals surface area contributed by atoms with E-state index >= 15 is 0 Å². The number of rotatable bonds is 6. The minimum atomic E-state index is 0.475. The maximum Gasteiger partial charge on any atom is 0.0334 e. The molecule has 0 spiro atoms. The van der Waals surface area contributed by atoms with E-state index in [1.807, 2.05) is 0 Å². The molecule has 17 heavy (non-hydrogen) atoms. The van der Waals surface area contributed by atoms with Crippen molar-refractivity contribution in [3.63, 3.8) is 0 Å². The number of hydrogen-bond acceptors (Lipinski definition) is 2. The van der Waals surface area contributed by atoms with Crippen LogP contribution in [0.1, 0.15) is 36.1 Å². The van der Waals surface area contributed by atoms with Crippen LogP contribution in [0.15, 0.2) is 18.2 Å². The number of benzene rings is 1. The Kier molecular flexibility index (Phi) is 5.66. The van der Waals surface area contributed by atoms with Crippen LogP contribution in [-0.4, -0.2) is 32.1 Å². The van der Waals surface area contributed by atoms with E-state index in [9.17, 15) is 0 Å².